The van der Waals surface area contributed by atoms with E-state index in [1.165, 1.54) is 6.92 Å². The van der Waals surface area contributed by atoms with Crippen molar-refractivity contribution in [2.45, 2.75) is 26.9 Å². The molecule has 0 radical (unpaired) electrons. The van der Waals surface area contributed by atoms with E-state index in [0.29, 0.717) is 5.76 Å². The molecule has 0 amide bonds. The summed E-state index contributed by atoms with van der Waals surface area (Å²) < 4.78 is 10.9. The van der Waals surface area contributed by atoms with Crippen LogP contribution in [-0.2, 0) is 9.53 Å². The summed E-state index contributed by atoms with van der Waals surface area (Å²) in [5.41, 5.74) is 1.71. The van der Waals surface area contributed by atoms with Crippen LogP contribution in [0.25, 0.3) is 11.1 Å². The van der Waals surface area contributed by atoms with Crippen LogP contribution < -0.4 is 0 Å². The molecule has 0 spiro atoms. The van der Waals surface area contributed by atoms with E-state index in [1.54, 1.807) is 0 Å². The zero-order valence-corrected chi connectivity index (χ0v) is 9.61. The van der Waals surface area contributed by atoms with E-state index in [2.05, 4.69) is 4.98 Å². The molecule has 1 N–H and O–H groups in total. The van der Waals surface area contributed by atoms with Gasteiger partial charge in [0.15, 0.2) is 11.7 Å². The second-order valence-corrected chi connectivity index (χ2v) is 4.18. The highest BCUT2D eigenvalue weighted by Gasteiger charge is 2.23. The van der Waals surface area contributed by atoms with Crippen molar-refractivity contribution in [2.24, 2.45) is 5.92 Å². The first-order valence-corrected chi connectivity index (χ1v) is 5.32. The number of H-pyrrole nitrogens is 1. The molecule has 86 valence electrons. The first-order chi connectivity index (χ1) is 7.58. The predicted octanol–water partition coefficient (Wildman–Crippen LogP) is 3.02. The Morgan fingerprint density at radius 2 is 2.25 bits per heavy atom. The molecule has 0 aliphatic rings. The highest BCUT2D eigenvalue weighted by molar-refractivity contribution is 5.74. The fraction of sp³-hybridized carbons (Fsp3) is 0.417. The number of furan rings is 1. The van der Waals surface area contributed by atoms with Gasteiger partial charge in [-0.3, -0.25) is 4.79 Å². The van der Waals surface area contributed by atoms with Crippen LogP contribution in [0.3, 0.4) is 0 Å². The summed E-state index contributed by atoms with van der Waals surface area (Å²) in [6.07, 6.45) is 1.49. The van der Waals surface area contributed by atoms with Crippen LogP contribution in [0.1, 0.15) is 32.6 Å². The SMILES string of the molecule is CC(=O)OC(c1cc2[nH]ccc2o1)C(C)C. The van der Waals surface area contributed by atoms with Gasteiger partial charge in [0.05, 0.1) is 5.52 Å². The average molecular weight is 221 g/mol. The topological polar surface area (TPSA) is 55.2 Å². The molecule has 0 bridgehead atoms. The summed E-state index contributed by atoms with van der Waals surface area (Å²) in [7, 11) is 0. The van der Waals surface area contributed by atoms with Crippen LogP contribution in [0.2, 0.25) is 0 Å². The van der Waals surface area contributed by atoms with Crippen LogP contribution in [-0.4, -0.2) is 11.0 Å². The largest absolute Gasteiger partial charge is 0.455 e. The zero-order chi connectivity index (χ0) is 11.7. The van der Waals surface area contributed by atoms with Crippen molar-refractivity contribution in [3.8, 4) is 0 Å². The van der Waals surface area contributed by atoms with Gasteiger partial charge in [-0.25, -0.2) is 0 Å². The van der Waals surface area contributed by atoms with E-state index < -0.39 is 0 Å². The number of esters is 1. The summed E-state index contributed by atoms with van der Waals surface area (Å²) in [6, 6.07) is 3.73. The fourth-order valence-corrected chi connectivity index (χ4v) is 1.71. The van der Waals surface area contributed by atoms with Gasteiger partial charge in [0.2, 0.25) is 0 Å². The Morgan fingerprint density at radius 3 is 2.81 bits per heavy atom. The highest BCUT2D eigenvalue weighted by atomic mass is 16.6. The predicted molar refractivity (Wildman–Crippen MR) is 59.9 cm³/mol. The summed E-state index contributed by atoms with van der Waals surface area (Å²) >= 11 is 0. The van der Waals surface area contributed by atoms with Crippen molar-refractivity contribution in [1.29, 1.82) is 0 Å². The lowest BCUT2D eigenvalue weighted by Crippen LogP contribution is -2.13. The third-order valence-corrected chi connectivity index (χ3v) is 2.43. The number of nitrogens with one attached hydrogen (secondary N) is 1. The molecule has 4 heteroatoms. The molecule has 1 atom stereocenters. The van der Waals surface area contributed by atoms with Crippen molar-refractivity contribution in [2.75, 3.05) is 0 Å². The molecule has 2 rings (SSSR count). The molecule has 4 nitrogen and oxygen atoms in total. The van der Waals surface area contributed by atoms with Crippen molar-refractivity contribution in [3.63, 3.8) is 0 Å². The fourth-order valence-electron chi connectivity index (χ4n) is 1.71. The second kappa shape index (κ2) is 4.04. The minimum Gasteiger partial charge on any atom is -0.455 e. The Balaban J connectivity index is 2.32. The molecule has 2 heterocycles. The summed E-state index contributed by atoms with van der Waals surface area (Å²) in [5, 5.41) is 0. The van der Waals surface area contributed by atoms with Crippen LogP contribution in [0.4, 0.5) is 0 Å². The Morgan fingerprint density at radius 1 is 1.50 bits per heavy atom. The molecule has 0 fully saturated rings. The molecular weight excluding hydrogens is 206 g/mol. The number of carbonyl (C=O) groups excluding carboxylic acids is 1. The number of carbonyl (C=O) groups is 1. The third kappa shape index (κ3) is 1.96. The van der Waals surface area contributed by atoms with Crippen LogP contribution >= 0.6 is 0 Å². The lowest BCUT2D eigenvalue weighted by molar-refractivity contribution is -0.150. The smallest absolute Gasteiger partial charge is 0.303 e. The summed E-state index contributed by atoms with van der Waals surface area (Å²) in [4.78, 5) is 14.1. The second-order valence-electron chi connectivity index (χ2n) is 4.18. The van der Waals surface area contributed by atoms with E-state index in [-0.39, 0.29) is 18.0 Å². The molecule has 1 unspecified atom stereocenters. The van der Waals surface area contributed by atoms with Crippen molar-refractivity contribution < 1.29 is 13.9 Å². The number of fused-ring (bicyclic) bond motifs is 1. The lowest BCUT2D eigenvalue weighted by Gasteiger charge is -2.17. The molecule has 0 aliphatic heterocycles. The number of hydrogen-bond acceptors (Lipinski definition) is 3. The van der Waals surface area contributed by atoms with Crippen molar-refractivity contribution in [1.82, 2.24) is 4.98 Å². The maximum Gasteiger partial charge on any atom is 0.303 e. The van der Waals surface area contributed by atoms with E-state index in [4.69, 9.17) is 9.15 Å². The van der Waals surface area contributed by atoms with E-state index in [1.807, 2.05) is 32.2 Å². The number of ether oxygens (including phenoxy) is 1. The molecule has 2 aromatic heterocycles. The molecule has 16 heavy (non-hydrogen) atoms. The van der Waals surface area contributed by atoms with Crippen molar-refractivity contribution >= 4 is 17.1 Å². The first kappa shape index (κ1) is 10.8. The molecule has 0 saturated carbocycles. The average Bonchev–Trinajstić information content (AvgIpc) is 2.71. The molecule has 0 saturated heterocycles. The molecule has 0 aromatic carbocycles. The van der Waals surface area contributed by atoms with Gasteiger partial charge in [-0.1, -0.05) is 13.8 Å². The van der Waals surface area contributed by atoms with Crippen LogP contribution in [0, 0.1) is 5.92 Å². The van der Waals surface area contributed by atoms with Crippen LogP contribution in [0.5, 0.6) is 0 Å². The van der Waals surface area contributed by atoms with Gasteiger partial charge in [-0.15, -0.1) is 0 Å². The van der Waals surface area contributed by atoms with E-state index >= 15 is 0 Å². The minimum atomic E-state index is -0.321. The molecular formula is C12H15NO3. The first-order valence-electron chi connectivity index (χ1n) is 5.32. The van der Waals surface area contributed by atoms with Gasteiger partial charge < -0.3 is 14.1 Å². The molecule has 0 aliphatic carbocycles. The Kier molecular flexibility index (Phi) is 2.73. The quantitative estimate of drug-likeness (QED) is 0.810. The summed E-state index contributed by atoms with van der Waals surface area (Å²) in [5.74, 6) is 0.574. The Bertz CT molecular complexity index is 467. The van der Waals surface area contributed by atoms with Gasteiger partial charge in [-0.2, -0.15) is 0 Å². The number of aromatic amines is 1. The lowest BCUT2D eigenvalue weighted by atomic mass is 10.1. The number of rotatable bonds is 3. The van der Waals surface area contributed by atoms with Crippen molar-refractivity contribution in [3.05, 3.63) is 24.1 Å². The highest BCUT2D eigenvalue weighted by Crippen LogP contribution is 2.30. The number of hydrogen-bond donors (Lipinski definition) is 1. The standard InChI is InChI=1S/C12H15NO3/c1-7(2)12(15-8(3)14)11-6-9-10(16-11)4-5-13-9/h4-7,12-13H,1-3H3. The van der Waals surface area contributed by atoms with Gasteiger partial charge >= 0.3 is 5.97 Å². The normalized spacial score (nSPS) is 13.2. The van der Waals surface area contributed by atoms with Gasteiger partial charge in [-0.05, 0) is 12.0 Å². The summed E-state index contributed by atoms with van der Waals surface area (Å²) in [6.45, 7) is 5.39. The minimum absolute atomic E-state index is 0.180. The maximum atomic E-state index is 11.0. The third-order valence-electron chi connectivity index (χ3n) is 2.43. The van der Waals surface area contributed by atoms with E-state index in [9.17, 15) is 4.79 Å². The van der Waals surface area contributed by atoms with Gasteiger partial charge in [0, 0.05) is 19.2 Å². The number of aromatic nitrogens is 1. The van der Waals surface area contributed by atoms with E-state index in [0.717, 1.165) is 11.1 Å². The zero-order valence-electron chi connectivity index (χ0n) is 9.61. The Labute approximate surface area is 93.6 Å². The van der Waals surface area contributed by atoms with Gasteiger partial charge in [0.25, 0.3) is 0 Å². The maximum absolute atomic E-state index is 11.0. The van der Waals surface area contributed by atoms with Crippen LogP contribution in [0.15, 0.2) is 22.7 Å². The Hall–Kier alpha value is -1.71. The molecule has 2 aromatic rings. The monoisotopic (exact) mass is 221 g/mol. The van der Waals surface area contributed by atoms with Gasteiger partial charge in [0.1, 0.15) is 5.76 Å².